The highest BCUT2D eigenvalue weighted by molar-refractivity contribution is 5.94. The zero-order valence-electron chi connectivity index (χ0n) is 10.3. The van der Waals surface area contributed by atoms with Gasteiger partial charge >= 0.3 is 0 Å². The lowest BCUT2D eigenvalue weighted by molar-refractivity contribution is 0.0578. The van der Waals surface area contributed by atoms with Crippen molar-refractivity contribution < 1.29 is 15.0 Å². The predicted molar refractivity (Wildman–Crippen MR) is 63.8 cm³/mol. The third-order valence-electron chi connectivity index (χ3n) is 2.32. The number of pyridine rings is 1. The van der Waals surface area contributed by atoms with Crippen LogP contribution in [0.3, 0.4) is 0 Å². The van der Waals surface area contributed by atoms with E-state index in [4.69, 9.17) is 0 Å². The minimum Gasteiger partial charge on any atom is -0.506 e. The molecule has 0 aromatic carbocycles. The minimum absolute atomic E-state index is 0.0283. The first kappa shape index (κ1) is 13.4. The molecule has 1 rings (SSSR count). The van der Waals surface area contributed by atoms with E-state index >= 15 is 0 Å². The predicted octanol–water partition coefficient (Wildman–Crippen LogP) is 1.02. The second-order valence-corrected chi connectivity index (χ2v) is 4.33. The summed E-state index contributed by atoms with van der Waals surface area (Å²) in [7, 11) is 0. The number of carbonyl (C=O) groups is 1. The van der Waals surface area contributed by atoms with E-state index in [-0.39, 0.29) is 24.2 Å². The van der Waals surface area contributed by atoms with E-state index in [0.717, 1.165) is 0 Å². The maximum atomic E-state index is 12.1. The van der Waals surface area contributed by atoms with Crippen molar-refractivity contribution in [3.8, 4) is 5.75 Å². The van der Waals surface area contributed by atoms with Crippen molar-refractivity contribution in [2.24, 2.45) is 0 Å². The highest BCUT2D eigenvalue weighted by Crippen LogP contribution is 2.13. The van der Waals surface area contributed by atoms with E-state index < -0.39 is 6.10 Å². The molecule has 5 heteroatoms. The van der Waals surface area contributed by atoms with Crippen LogP contribution in [-0.4, -0.2) is 44.7 Å². The fourth-order valence-corrected chi connectivity index (χ4v) is 1.52. The molecule has 2 N–H and O–H groups in total. The van der Waals surface area contributed by atoms with Crippen LogP contribution in [-0.2, 0) is 0 Å². The van der Waals surface area contributed by atoms with Gasteiger partial charge in [0.15, 0.2) is 0 Å². The summed E-state index contributed by atoms with van der Waals surface area (Å²) in [6, 6.07) is 1.34. The minimum atomic E-state index is -0.591. The van der Waals surface area contributed by atoms with Crippen molar-refractivity contribution >= 4 is 5.91 Å². The van der Waals surface area contributed by atoms with E-state index in [1.807, 2.05) is 13.8 Å². The van der Waals surface area contributed by atoms with E-state index in [2.05, 4.69) is 4.98 Å². The Hall–Kier alpha value is -1.62. The lowest BCUT2D eigenvalue weighted by Crippen LogP contribution is -2.41. The molecular weight excluding hydrogens is 220 g/mol. The average Bonchev–Trinajstić information content (AvgIpc) is 2.24. The molecule has 1 atom stereocenters. The number of amides is 1. The number of aromatic nitrogens is 1. The van der Waals surface area contributed by atoms with Crippen LogP contribution in [0.1, 0.15) is 31.1 Å². The first-order chi connectivity index (χ1) is 7.91. The van der Waals surface area contributed by atoms with Gasteiger partial charge in [-0.15, -0.1) is 0 Å². The molecule has 0 aliphatic carbocycles. The number of aliphatic hydroxyl groups excluding tert-OH is 1. The third kappa shape index (κ3) is 3.71. The molecule has 17 heavy (non-hydrogen) atoms. The smallest absolute Gasteiger partial charge is 0.255 e. The first-order valence-corrected chi connectivity index (χ1v) is 5.55. The largest absolute Gasteiger partial charge is 0.506 e. The van der Waals surface area contributed by atoms with Crippen LogP contribution < -0.4 is 0 Å². The van der Waals surface area contributed by atoms with Crippen LogP contribution >= 0.6 is 0 Å². The quantitative estimate of drug-likeness (QED) is 0.821. The molecule has 0 fully saturated rings. The van der Waals surface area contributed by atoms with Crippen molar-refractivity contribution in [3.05, 3.63) is 24.0 Å². The molecule has 0 radical (unpaired) electrons. The highest BCUT2D eigenvalue weighted by Gasteiger charge is 2.20. The Bertz CT molecular complexity index is 391. The van der Waals surface area contributed by atoms with Crippen molar-refractivity contribution in [1.29, 1.82) is 0 Å². The molecular formula is C12H18N2O3. The van der Waals surface area contributed by atoms with E-state index in [0.29, 0.717) is 5.56 Å². The standard InChI is InChI=1S/C12H18N2O3/c1-8(2)14(7-9(3)15)12(17)10-4-11(16)6-13-5-10/h4-6,8-9,15-16H,7H2,1-3H3. The zero-order valence-corrected chi connectivity index (χ0v) is 10.3. The van der Waals surface area contributed by atoms with Gasteiger partial charge in [-0.3, -0.25) is 9.78 Å². The van der Waals surface area contributed by atoms with Gasteiger partial charge in [-0.2, -0.15) is 0 Å². The van der Waals surface area contributed by atoms with E-state index in [1.165, 1.54) is 18.5 Å². The van der Waals surface area contributed by atoms with Gasteiger partial charge in [0, 0.05) is 18.8 Å². The monoisotopic (exact) mass is 238 g/mol. The fourth-order valence-electron chi connectivity index (χ4n) is 1.52. The normalized spacial score (nSPS) is 12.5. The zero-order chi connectivity index (χ0) is 13.0. The Morgan fingerprint density at radius 3 is 2.53 bits per heavy atom. The van der Waals surface area contributed by atoms with Crippen molar-refractivity contribution in [3.63, 3.8) is 0 Å². The number of aliphatic hydroxyl groups is 1. The molecule has 1 unspecified atom stereocenters. The molecule has 94 valence electrons. The number of aromatic hydroxyl groups is 1. The SMILES string of the molecule is CC(O)CN(C(=O)c1cncc(O)c1)C(C)C. The molecule has 5 nitrogen and oxygen atoms in total. The average molecular weight is 238 g/mol. The summed E-state index contributed by atoms with van der Waals surface area (Å²) >= 11 is 0. The van der Waals surface area contributed by atoms with E-state index in [9.17, 15) is 15.0 Å². The summed E-state index contributed by atoms with van der Waals surface area (Å²) < 4.78 is 0. The van der Waals surface area contributed by atoms with Crippen LogP contribution in [0.5, 0.6) is 5.75 Å². The summed E-state index contributed by atoms with van der Waals surface area (Å²) in [4.78, 5) is 17.4. The summed E-state index contributed by atoms with van der Waals surface area (Å²) in [5.41, 5.74) is 0.319. The maximum Gasteiger partial charge on any atom is 0.255 e. The molecule has 1 amide bonds. The second-order valence-electron chi connectivity index (χ2n) is 4.33. The number of nitrogens with zero attached hydrogens (tertiary/aromatic N) is 2. The summed E-state index contributed by atoms with van der Waals surface area (Å²) in [5.74, 6) is -0.291. The highest BCUT2D eigenvalue weighted by atomic mass is 16.3. The molecule has 0 aliphatic heterocycles. The Morgan fingerprint density at radius 2 is 2.06 bits per heavy atom. The Labute approximate surface area is 101 Å². The topological polar surface area (TPSA) is 73.7 Å². The molecule has 1 aromatic heterocycles. The molecule has 1 heterocycles. The molecule has 0 spiro atoms. The first-order valence-electron chi connectivity index (χ1n) is 5.55. The van der Waals surface area contributed by atoms with Crippen LogP contribution in [0.15, 0.2) is 18.5 Å². The molecule has 0 saturated heterocycles. The molecule has 1 aromatic rings. The maximum absolute atomic E-state index is 12.1. The van der Waals surface area contributed by atoms with Crippen LogP contribution in [0.2, 0.25) is 0 Å². The summed E-state index contributed by atoms with van der Waals surface area (Å²) in [6.07, 6.45) is 2.08. The fraction of sp³-hybridized carbons (Fsp3) is 0.500. The van der Waals surface area contributed by atoms with Crippen molar-refractivity contribution in [2.75, 3.05) is 6.54 Å². The van der Waals surface area contributed by atoms with E-state index in [1.54, 1.807) is 11.8 Å². The Morgan fingerprint density at radius 1 is 1.41 bits per heavy atom. The Kier molecular flexibility index (Phi) is 4.45. The summed E-state index contributed by atoms with van der Waals surface area (Å²) in [6.45, 7) is 5.63. The van der Waals surface area contributed by atoms with Gasteiger partial charge in [-0.05, 0) is 26.8 Å². The number of hydrogen-bond donors (Lipinski definition) is 2. The van der Waals surface area contributed by atoms with Gasteiger partial charge in [0.2, 0.25) is 0 Å². The third-order valence-corrected chi connectivity index (χ3v) is 2.32. The molecule has 0 aliphatic rings. The van der Waals surface area contributed by atoms with Gasteiger partial charge in [0.05, 0.1) is 17.9 Å². The van der Waals surface area contributed by atoms with Gasteiger partial charge in [0.1, 0.15) is 5.75 Å². The van der Waals surface area contributed by atoms with Crippen LogP contribution in [0.25, 0.3) is 0 Å². The van der Waals surface area contributed by atoms with Crippen LogP contribution in [0, 0.1) is 0 Å². The number of carbonyl (C=O) groups excluding carboxylic acids is 1. The number of rotatable bonds is 4. The van der Waals surface area contributed by atoms with Gasteiger partial charge in [0.25, 0.3) is 5.91 Å². The Balaban J connectivity index is 2.92. The van der Waals surface area contributed by atoms with Gasteiger partial charge in [-0.1, -0.05) is 0 Å². The lowest BCUT2D eigenvalue weighted by atomic mass is 10.2. The van der Waals surface area contributed by atoms with Crippen LogP contribution in [0.4, 0.5) is 0 Å². The molecule has 0 saturated carbocycles. The summed E-state index contributed by atoms with van der Waals surface area (Å²) in [5, 5.41) is 18.6. The molecule has 0 bridgehead atoms. The van der Waals surface area contributed by atoms with Crippen molar-refractivity contribution in [2.45, 2.75) is 32.9 Å². The lowest BCUT2D eigenvalue weighted by Gasteiger charge is -2.28. The van der Waals surface area contributed by atoms with Crippen molar-refractivity contribution in [1.82, 2.24) is 9.88 Å². The second kappa shape index (κ2) is 5.63. The van der Waals surface area contributed by atoms with Gasteiger partial charge in [-0.25, -0.2) is 0 Å². The number of hydrogen-bond acceptors (Lipinski definition) is 4. The van der Waals surface area contributed by atoms with Gasteiger partial charge < -0.3 is 15.1 Å².